The summed E-state index contributed by atoms with van der Waals surface area (Å²) in [5.41, 5.74) is 0. The average Bonchev–Trinajstić information content (AvgIpc) is 2.05. The molecule has 0 aromatic heterocycles. The van der Waals surface area contributed by atoms with E-state index < -0.39 is 0 Å². The Morgan fingerprint density at radius 2 is 2.33 bits per heavy atom. The summed E-state index contributed by atoms with van der Waals surface area (Å²) in [6, 6.07) is 0. The normalized spacial score (nSPS) is 9.83. The number of nitrogens with one attached hydrogen (secondary N) is 1. The van der Waals surface area contributed by atoms with Crippen molar-refractivity contribution in [2.45, 2.75) is 0 Å². The Morgan fingerprint density at radius 1 is 1.58 bits per heavy atom. The molecule has 1 amide bonds. The Labute approximate surface area is 76.7 Å². The largest absolute Gasteiger partial charge is 0.394 e. The molecule has 0 rings (SSSR count). The summed E-state index contributed by atoms with van der Waals surface area (Å²) < 4.78 is 4.94. The lowest BCUT2D eigenvalue weighted by molar-refractivity contribution is -0.118. The SMILES string of the molecule is CSCC(=O)NCCOCCO. The fourth-order valence-corrected chi connectivity index (χ4v) is 0.976. The molecule has 0 unspecified atom stereocenters. The zero-order chi connectivity index (χ0) is 9.23. The molecule has 0 aromatic rings. The van der Waals surface area contributed by atoms with E-state index in [4.69, 9.17) is 9.84 Å². The first-order valence-corrected chi connectivity index (χ1v) is 5.15. The molecule has 12 heavy (non-hydrogen) atoms. The van der Waals surface area contributed by atoms with Crippen molar-refractivity contribution >= 4 is 17.7 Å². The molecule has 0 aromatic carbocycles. The third-order valence-corrected chi connectivity index (χ3v) is 1.63. The van der Waals surface area contributed by atoms with Crippen LogP contribution in [0.4, 0.5) is 0 Å². The van der Waals surface area contributed by atoms with Crippen LogP contribution in [-0.2, 0) is 9.53 Å². The van der Waals surface area contributed by atoms with Crippen molar-refractivity contribution < 1.29 is 14.6 Å². The summed E-state index contributed by atoms with van der Waals surface area (Å²) in [4.78, 5) is 10.8. The first-order valence-electron chi connectivity index (χ1n) is 3.75. The highest BCUT2D eigenvalue weighted by atomic mass is 32.2. The molecule has 72 valence electrons. The molecular weight excluding hydrogens is 178 g/mol. The monoisotopic (exact) mass is 193 g/mol. The Bertz CT molecular complexity index is 121. The quantitative estimate of drug-likeness (QED) is 0.534. The van der Waals surface area contributed by atoms with Crippen molar-refractivity contribution in [3.63, 3.8) is 0 Å². The number of hydrogen-bond donors (Lipinski definition) is 2. The minimum atomic E-state index is 0.0232. The van der Waals surface area contributed by atoms with Crippen molar-refractivity contribution in [2.75, 3.05) is 38.4 Å². The first-order chi connectivity index (χ1) is 5.81. The van der Waals surface area contributed by atoms with Gasteiger partial charge in [-0.1, -0.05) is 0 Å². The van der Waals surface area contributed by atoms with Crippen LogP contribution in [0.15, 0.2) is 0 Å². The van der Waals surface area contributed by atoms with E-state index in [1.165, 1.54) is 11.8 Å². The van der Waals surface area contributed by atoms with Gasteiger partial charge >= 0.3 is 0 Å². The predicted octanol–water partition coefficient (Wildman–Crippen LogP) is -0.526. The standard InChI is InChI=1S/C7H15NO3S/c1-12-6-7(10)8-2-4-11-5-3-9/h9H,2-6H2,1H3,(H,8,10). The van der Waals surface area contributed by atoms with Crippen LogP contribution in [0.25, 0.3) is 0 Å². The summed E-state index contributed by atoms with van der Waals surface area (Å²) in [6.07, 6.45) is 1.88. The fraction of sp³-hybridized carbons (Fsp3) is 0.857. The molecule has 0 fully saturated rings. The van der Waals surface area contributed by atoms with E-state index >= 15 is 0 Å². The van der Waals surface area contributed by atoms with Gasteiger partial charge in [-0.3, -0.25) is 4.79 Å². The molecule has 0 aliphatic carbocycles. The van der Waals surface area contributed by atoms with E-state index in [9.17, 15) is 4.79 Å². The van der Waals surface area contributed by atoms with Crippen LogP contribution in [0.1, 0.15) is 0 Å². The molecule has 0 saturated carbocycles. The molecule has 0 saturated heterocycles. The molecule has 0 radical (unpaired) electrons. The van der Waals surface area contributed by atoms with Crippen LogP contribution < -0.4 is 5.32 Å². The van der Waals surface area contributed by atoms with Crippen molar-refractivity contribution in [1.82, 2.24) is 5.32 Å². The molecule has 0 spiro atoms. The number of rotatable bonds is 7. The van der Waals surface area contributed by atoms with E-state index in [0.29, 0.717) is 25.5 Å². The predicted molar refractivity (Wildman–Crippen MR) is 49.3 cm³/mol. The number of aliphatic hydroxyl groups is 1. The second-order valence-electron chi connectivity index (χ2n) is 2.12. The molecule has 4 nitrogen and oxygen atoms in total. The Balaban J connectivity index is 3.03. The van der Waals surface area contributed by atoms with Crippen molar-refractivity contribution in [3.05, 3.63) is 0 Å². The fourth-order valence-electron chi connectivity index (χ4n) is 0.611. The van der Waals surface area contributed by atoms with E-state index in [-0.39, 0.29) is 12.5 Å². The second kappa shape index (κ2) is 8.83. The minimum absolute atomic E-state index is 0.0232. The Hall–Kier alpha value is -0.260. The van der Waals surface area contributed by atoms with Crippen molar-refractivity contribution in [1.29, 1.82) is 0 Å². The molecule has 0 aliphatic rings. The van der Waals surface area contributed by atoms with E-state index in [2.05, 4.69) is 5.32 Å². The average molecular weight is 193 g/mol. The van der Waals surface area contributed by atoms with Gasteiger partial charge in [-0.15, -0.1) is 0 Å². The van der Waals surface area contributed by atoms with Crippen LogP contribution in [0.2, 0.25) is 0 Å². The molecule has 0 aliphatic heterocycles. The summed E-state index contributed by atoms with van der Waals surface area (Å²) in [7, 11) is 0. The highest BCUT2D eigenvalue weighted by Crippen LogP contribution is 1.88. The number of hydrogen-bond acceptors (Lipinski definition) is 4. The molecule has 2 N–H and O–H groups in total. The molecule has 0 bridgehead atoms. The summed E-state index contributed by atoms with van der Waals surface area (Å²) in [6.45, 7) is 1.33. The maximum Gasteiger partial charge on any atom is 0.230 e. The van der Waals surface area contributed by atoms with Gasteiger partial charge in [0.1, 0.15) is 0 Å². The van der Waals surface area contributed by atoms with Gasteiger partial charge in [-0.25, -0.2) is 0 Å². The first kappa shape index (κ1) is 11.7. The molecule has 0 heterocycles. The maximum absolute atomic E-state index is 10.8. The van der Waals surface area contributed by atoms with Crippen LogP contribution in [-0.4, -0.2) is 49.4 Å². The van der Waals surface area contributed by atoms with Gasteiger partial charge in [-0.2, -0.15) is 11.8 Å². The van der Waals surface area contributed by atoms with Crippen LogP contribution in [0.3, 0.4) is 0 Å². The van der Waals surface area contributed by atoms with Gasteiger partial charge in [0.15, 0.2) is 0 Å². The number of carbonyl (C=O) groups excluding carboxylic acids is 1. The molecule has 5 heteroatoms. The number of thioether (sulfide) groups is 1. The Morgan fingerprint density at radius 3 is 2.92 bits per heavy atom. The summed E-state index contributed by atoms with van der Waals surface area (Å²) in [5.74, 6) is 0.509. The summed E-state index contributed by atoms with van der Waals surface area (Å²) in [5, 5.41) is 11.0. The van der Waals surface area contributed by atoms with Crippen LogP contribution in [0.5, 0.6) is 0 Å². The maximum atomic E-state index is 10.8. The van der Waals surface area contributed by atoms with Gasteiger partial charge in [0.25, 0.3) is 0 Å². The van der Waals surface area contributed by atoms with Crippen LogP contribution in [0, 0.1) is 0 Å². The lowest BCUT2D eigenvalue weighted by Gasteiger charge is -2.03. The van der Waals surface area contributed by atoms with E-state index in [1.807, 2.05) is 6.26 Å². The van der Waals surface area contributed by atoms with Crippen LogP contribution >= 0.6 is 11.8 Å². The highest BCUT2D eigenvalue weighted by molar-refractivity contribution is 7.99. The van der Waals surface area contributed by atoms with Gasteiger partial charge < -0.3 is 15.2 Å². The number of amides is 1. The third-order valence-electron chi connectivity index (χ3n) is 1.08. The third kappa shape index (κ3) is 7.84. The Kier molecular flexibility index (Phi) is 8.64. The second-order valence-corrected chi connectivity index (χ2v) is 2.98. The zero-order valence-electron chi connectivity index (χ0n) is 7.21. The van der Waals surface area contributed by atoms with E-state index in [1.54, 1.807) is 0 Å². The molecule has 0 atom stereocenters. The smallest absolute Gasteiger partial charge is 0.230 e. The lowest BCUT2D eigenvalue weighted by Crippen LogP contribution is -2.28. The van der Waals surface area contributed by atoms with Gasteiger partial charge in [0.2, 0.25) is 5.91 Å². The molecular formula is C7H15NO3S. The van der Waals surface area contributed by atoms with Gasteiger partial charge in [0, 0.05) is 6.54 Å². The number of carbonyl (C=O) groups is 1. The topological polar surface area (TPSA) is 58.6 Å². The summed E-state index contributed by atoms with van der Waals surface area (Å²) >= 11 is 1.49. The number of ether oxygens (including phenoxy) is 1. The van der Waals surface area contributed by atoms with Gasteiger partial charge in [0.05, 0.1) is 25.6 Å². The zero-order valence-corrected chi connectivity index (χ0v) is 8.02. The minimum Gasteiger partial charge on any atom is -0.394 e. The van der Waals surface area contributed by atoms with Gasteiger partial charge in [-0.05, 0) is 6.26 Å². The van der Waals surface area contributed by atoms with Crippen molar-refractivity contribution in [3.8, 4) is 0 Å². The van der Waals surface area contributed by atoms with E-state index in [0.717, 1.165) is 0 Å². The number of aliphatic hydroxyl groups excluding tert-OH is 1. The van der Waals surface area contributed by atoms with Crippen molar-refractivity contribution in [2.24, 2.45) is 0 Å². The lowest BCUT2D eigenvalue weighted by atomic mass is 10.6. The highest BCUT2D eigenvalue weighted by Gasteiger charge is 1.96.